The molecule has 112 valence electrons. The first-order valence-electron chi connectivity index (χ1n) is 7.42. The Kier molecular flexibility index (Phi) is 4.41. The van der Waals surface area contributed by atoms with Gasteiger partial charge in [0, 0.05) is 11.1 Å². The molecule has 21 heavy (non-hydrogen) atoms. The van der Waals surface area contributed by atoms with Gasteiger partial charge in [-0.1, -0.05) is 32.9 Å². The summed E-state index contributed by atoms with van der Waals surface area (Å²) in [4.78, 5) is 0. The molecular formula is C18H22O3. The summed E-state index contributed by atoms with van der Waals surface area (Å²) < 4.78 is 0. The molecule has 3 heteroatoms. The van der Waals surface area contributed by atoms with Crippen molar-refractivity contribution in [1.82, 2.24) is 0 Å². The number of rotatable bonds is 4. The maximum Gasteiger partial charge on any atom is 0.166 e. The van der Waals surface area contributed by atoms with Crippen LogP contribution in [0.15, 0.2) is 24.3 Å². The highest BCUT2D eigenvalue weighted by Gasteiger charge is 2.21. The molecule has 0 fully saturated rings. The fourth-order valence-electron chi connectivity index (χ4n) is 3.02. The van der Waals surface area contributed by atoms with Crippen LogP contribution in [0.5, 0.6) is 17.2 Å². The molecule has 0 aliphatic heterocycles. The second-order valence-corrected chi connectivity index (χ2v) is 5.12. The van der Waals surface area contributed by atoms with Crippen LogP contribution >= 0.6 is 0 Å². The normalized spacial score (nSPS) is 10.8. The van der Waals surface area contributed by atoms with Gasteiger partial charge in [-0.25, -0.2) is 0 Å². The third-order valence-electron chi connectivity index (χ3n) is 3.99. The van der Waals surface area contributed by atoms with E-state index in [1.165, 1.54) is 0 Å². The summed E-state index contributed by atoms with van der Waals surface area (Å²) in [6, 6.07) is 6.69. The van der Waals surface area contributed by atoms with Gasteiger partial charge in [-0.3, -0.25) is 0 Å². The SMILES string of the molecule is CCc1c(O)c(O)c(-c2ccc(O)cc2)c(CC)c1CC. The van der Waals surface area contributed by atoms with Gasteiger partial charge in [-0.15, -0.1) is 0 Å². The molecule has 0 radical (unpaired) electrons. The van der Waals surface area contributed by atoms with E-state index in [0.717, 1.165) is 35.1 Å². The lowest BCUT2D eigenvalue weighted by atomic mass is 9.87. The van der Waals surface area contributed by atoms with Crippen molar-refractivity contribution in [2.24, 2.45) is 0 Å². The minimum absolute atomic E-state index is 0.0189. The zero-order valence-electron chi connectivity index (χ0n) is 12.8. The maximum atomic E-state index is 10.5. The average Bonchev–Trinajstić information content (AvgIpc) is 2.50. The molecule has 2 rings (SSSR count). The molecule has 0 atom stereocenters. The van der Waals surface area contributed by atoms with Gasteiger partial charge in [-0.05, 0) is 48.1 Å². The summed E-state index contributed by atoms with van der Waals surface area (Å²) in [6.45, 7) is 6.09. The van der Waals surface area contributed by atoms with Crippen molar-refractivity contribution in [2.45, 2.75) is 40.0 Å². The molecule has 2 aromatic rings. The summed E-state index contributed by atoms with van der Waals surface area (Å²) in [5.74, 6) is 0.0996. The zero-order valence-corrected chi connectivity index (χ0v) is 12.8. The van der Waals surface area contributed by atoms with Gasteiger partial charge >= 0.3 is 0 Å². The largest absolute Gasteiger partial charge is 0.508 e. The second-order valence-electron chi connectivity index (χ2n) is 5.12. The predicted octanol–water partition coefficient (Wildman–Crippen LogP) is 4.16. The van der Waals surface area contributed by atoms with E-state index in [9.17, 15) is 15.3 Å². The Morgan fingerprint density at radius 2 is 1.19 bits per heavy atom. The highest BCUT2D eigenvalue weighted by molar-refractivity contribution is 5.80. The lowest BCUT2D eigenvalue weighted by Gasteiger charge is -2.20. The van der Waals surface area contributed by atoms with Crippen molar-refractivity contribution in [3.63, 3.8) is 0 Å². The van der Waals surface area contributed by atoms with Crippen LogP contribution in [0.2, 0.25) is 0 Å². The Morgan fingerprint density at radius 3 is 1.67 bits per heavy atom. The molecule has 0 spiro atoms. The summed E-state index contributed by atoms with van der Waals surface area (Å²) in [5.41, 5.74) is 4.47. The first-order chi connectivity index (χ1) is 10.0. The van der Waals surface area contributed by atoms with Gasteiger partial charge in [0.15, 0.2) is 11.5 Å². The van der Waals surface area contributed by atoms with Gasteiger partial charge in [0.1, 0.15) is 5.75 Å². The summed E-state index contributed by atoms with van der Waals surface area (Å²) >= 11 is 0. The van der Waals surface area contributed by atoms with Gasteiger partial charge in [0.2, 0.25) is 0 Å². The van der Waals surface area contributed by atoms with E-state index in [1.54, 1.807) is 24.3 Å². The minimum atomic E-state index is -0.0633. The summed E-state index contributed by atoms with van der Waals surface area (Å²) in [5, 5.41) is 30.2. The highest BCUT2D eigenvalue weighted by Crippen LogP contribution is 2.45. The fourth-order valence-corrected chi connectivity index (χ4v) is 3.02. The Hall–Kier alpha value is -2.16. The predicted molar refractivity (Wildman–Crippen MR) is 85.0 cm³/mol. The van der Waals surface area contributed by atoms with Crippen LogP contribution in [-0.4, -0.2) is 15.3 Å². The number of phenols is 3. The molecule has 0 saturated carbocycles. The van der Waals surface area contributed by atoms with Gasteiger partial charge in [-0.2, -0.15) is 0 Å². The van der Waals surface area contributed by atoms with Crippen LogP contribution in [-0.2, 0) is 19.3 Å². The van der Waals surface area contributed by atoms with Gasteiger partial charge in [0.25, 0.3) is 0 Å². The van der Waals surface area contributed by atoms with E-state index < -0.39 is 0 Å². The van der Waals surface area contributed by atoms with Crippen LogP contribution in [0.4, 0.5) is 0 Å². The van der Waals surface area contributed by atoms with E-state index in [-0.39, 0.29) is 17.2 Å². The maximum absolute atomic E-state index is 10.5. The minimum Gasteiger partial charge on any atom is -0.508 e. The highest BCUT2D eigenvalue weighted by atomic mass is 16.3. The molecule has 0 aliphatic rings. The van der Waals surface area contributed by atoms with Crippen molar-refractivity contribution in [3.8, 4) is 28.4 Å². The third-order valence-corrected chi connectivity index (χ3v) is 3.99. The molecule has 3 N–H and O–H groups in total. The smallest absolute Gasteiger partial charge is 0.166 e. The molecular weight excluding hydrogens is 264 g/mol. The third kappa shape index (κ3) is 2.56. The van der Waals surface area contributed by atoms with E-state index in [0.29, 0.717) is 12.0 Å². The van der Waals surface area contributed by atoms with Crippen LogP contribution in [0.3, 0.4) is 0 Å². The molecule has 0 aliphatic carbocycles. The fraction of sp³-hybridized carbons (Fsp3) is 0.333. The molecule has 3 nitrogen and oxygen atoms in total. The first-order valence-corrected chi connectivity index (χ1v) is 7.42. The van der Waals surface area contributed by atoms with Crippen molar-refractivity contribution in [2.75, 3.05) is 0 Å². The van der Waals surface area contributed by atoms with Crippen LogP contribution in [0.1, 0.15) is 37.5 Å². The van der Waals surface area contributed by atoms with E-state index in [4.69, 9.17) is 0 Å². The van der Waals surface area contributed by atoms with Crippen molar-refractivity contribution in [3.05, 3.63) is 41.0 Å². The Labute approximate surface area is 125 Å². The van der Waals surface area contributed by atoms with Crippen molar-refractivity contribution < 1.29 is 15.3 Å². The average molecular weight is 286 g/mol. The molecule has 0 bridgehead atoms. The molecule has 0 unspecified atom stereocenters. The zero-order chi connectivity index (χ0) is 15.6. The van der Waals surface area contributed by atoms with E-state index in [1.807, 2.05) is 13.8 Å². The number of benzene rings is 2. The lowest BCUT2D eigenvalue weighted by Crippen LogP contribution is -2.02. The monoisotopic (exact) mass is 286 g/mol. The number of hydrogen-bond acceptors (Lipinski definition) is 3. The Morgan fingerprint density at radius 1 is 0.667 bits per heavy atom. The van der Waals surface area contributed by atoms with Crippen LogP contribution in [0.25, 0.3) is 11.1 Å². The summed E-state index contributed by atoms with van der Waals surface area (Å²) in [6.07, 6.45) is 2.27. The second kappa shape index (κ2) is 6.08. The van der Waals surface area contributed by atoms with Crippen LogP contribution in [0, 0.1) is 0 Å². The Bertz CT molecular complexity index is 643. The molecule has 0 aromatic heterocycles. The molecule has 2 aromatic carbocycles. The first kappa shape index (κ1) is 15.2. The molecule has 0 heterocycles. The van der Waals surface area contributed by atoms with Crippen LogP contribution < -0.4 is 0 Å². The summed E-state index contributed by atoms with van der Waals surface area (Å²) in [7, 11) is 0. The number of aromatic hydroxyl groups is 3. The van der Waals surface area contributed by atoms with E-state index in [2.05, 4.69) is 6.92 Å². The lowest BCUT2D eigenvalue weighted by molar-refractivity contribution is 0.400. The number of hydrogen-bond donors (Lipinski definition) is 3. The molecule has 0 saturated heterocycles. The van der Waals surface area contributed by atoms with E-state index >= 15 is 0 Å². The quantitative estimate of drug-likeness (QED) is 0.740. The van der Waals surface area contributed by atoms with Gasteiger partial charge in [0.05, 0.1) is 0 Å². The van der Waals surface area contributed by atoms with Crippen molar-refractivity contribution in [1.29, 1.82) is 0 Å². The molecule has 0 amide bonds. The number of phenolic OH excluding ortho intramolecular Hbond substituents is 3. The standard InChI is InChI=1S/C18H22O3/c1-4-13-14(5-2)16(11-7-9-12(19)10-8-11)18(21)17(20)15(13)6-3/h7-10,19-21H,4-6H2,1-3H3. The Balaban J connectivity index is 2.81. The van der Waals surface area contributed by atoms with Crippen molar-refractivity contribution >= 4 is 0 Å². The van der Waals surface area contributed by atoms with Gasteiger partial charge < -0.3 is 15.3 Å². The topological polar surface area (TPSA) is 60.7 Å².